The van der Waals surface area contributed by atoms with Gasteiger partial charge in [0.15, 0.2) is 5.76 Å². The normalized spacial score (nSPS) is 13.3. The molecule has 0 spiro atoms. The summed E-state index contributed by atoms with van der Waals surface area (Å²) < 4.78 is 10.4. The Morgan fingerprint density at radius 3 is 2.74 bits per heavy atom. The van der Waals surface area contributed by atoms with Gasteiger partial charge in [0.05, 0.1) is 12.6 Å². The molecule has 0 saturated heterocycles. The Morgan fingerprint density at radius 1 is 1.43 bits per heavy atom. The smallest absolute Gasteiger partial charge is 0.395 e. The van der Waals surface area contributed by atoms with Crippen LogP contribution in [-0.2, 0) is 10.3 Å². The molecule has 8 heteroatoms. The molecule has 0 bridgehead atoms. The zero-order valence-corrected chi connectivity index (χ0v) is 13.3. The first-order valence-corrected chi connectivity index (χ1v) is 7.07. The molecule has 122 valence electrons. The van der Waals surface area contributed by atoms with Gasteiger partial charge in [-0.15, -0.1) is 0 Å². The van der Waals surface area contributed by atoms with Crippen LogP contribution in [0, 0.1) is 10.1 Å². The van der Waals surface area contributed by atoms with Crippen molar-refractivity contribution in [3.63, 3.8) is 0 Å². The van der Waals surface area contributed by atoms with Gasteiger partial charge in [-0.2, -0.15) is 0 Å². The molecule has 0 aliphatic carbocycles. The predicted octanol–water partition coefficient (Wildman–Crippen LogP) is 3.13. The summed E-state index contributed by atoms with van der Waals surface area (Å²) in [5.41, 5.74) is -0.0164. The van der Waals surface area contributed by atoms with Crippen molar-refractivity contribution < 1.29 is 18.9 Å². The Kier molecular flexibility index (Phi) is 5.02. The zero-order chi connectivity index (χ0) is 17.0. The highest BCUT2D eigenvalue weighted by atomic mass is 35.5. The molecule has 0 saturated carbocycles. The van der Waals surface area contributed by atoms with E-state index in [0.717, 1.165) is 11.6 Å². The SMILES string of the molecule is COC(C)(CNC(=O)c1ccc([N+](=O)[O-])o1)c1cccc(Cl)c1. The molecular formula is C15H15ClN2O5. The molecule has 0 aliphatic heterocycles. The van der Waals surface area contributed by atoms with Crippen molar-refractivity contribution in [3.05, 3.63) is 62.9 Å². The molecule has 1 aromatic heterocycles. The molecular weight excluding hydrogens is 324 g/mol. The number of hydrogen-bond donors (Lipinski definition) is 1. The zero-order valence-electron chi connectivity index (χ0n) is 12.5. The van der Waals surface area contributed by atoms with Crippen LogP contribution in [0.15, 0.2) is 40.8 Å². The molecule has 0 radical (unpaired) electrons. The average molecular weight is 339 g/mol. The first-order chi connectivity index (χ1) is 10.9. The van der Waals surface area contributed by atoms with Crippen molar-refractivity contribution in [2.75, 3.05) is 13.7 Å². The molecule has 0 aliphatic rings. The van der Waals surface area contributed by atoms with Crippen LogP contribution in [0.1, 0.15) is 23.0 Å². The molecule has 1 N–H and O–H groups in total. The van der Waals surface area contributed by atoms with E-state index in [4.69, 9.17) is 20.8 Å². The maximum Gasteiger partial charge on any atom is 0.433 e. The van der Waals surface area contributed by atoms with Crippen molar-refractivity contribution in [1.82, 2.24) is 5.32 Å². The van der Waals surface area contributed by atoms with Crippen molar-refractivity contribution in [3.8, 4) is 0 Å². The lowest BCUT2D eigenvalue weighted by Gasteiger charge is -2.29. The van der Waals surface area contributed by atoms with E-state index in [0.29, 0.717) is 5.02 Å². The second-order valence-electron chi connectivity index (χ2n) is 5.02. The number of ether oxygens (including phenoxy) is 1. The highest BCUT2D eigenvalue weighted by Gasteiger charge is 2.28. The van der Waals surface area contributed by atoms with E-state index in [9.17, 15) is 14.9 Å². The monoisotopic (exact) mass is 338 g/mol. The van der Waals surface area contributed by atoms with Gasteiger partial charge in [-0.05, 0) is 30.7 Å². The van der Waals surface area contributed by atoms with Crippen molar-refractivity contribution >= 4 is 23.4 Å². The first kappa shape index (κ1) is 17.0. The number of benzene rings is 1. The van der Waals surface area contributed by atoms with Crippen LogP contribution in [0.5, 0.6) is 0 Å². The third kappa shape index (κ3) is 3.88. The van der Waals surface area contributed by atoms with E-state index in [1.807, 2.05) is 6.07 Å². The maximum absolute atomic E-state index is 12.0. The van der Waals surface area contributed by atoms with Crippen LogP contribution >= 0.6 is 11.6 Å². The number of carbonyl (C=O) groups excluding carboxylic acids is 1. The number of rotatable bonds is 6. The Hall–Kier alpha value is -2.38. The van der Waals surface area contributed by atoms with Crippen LogP contribution in [0.2, 0.25) is 5.02 Å². The van der Waals surface area contributed by atoms with Gasteiger partial charge in [0.25, 0.3) is 5.91 Å². The maximum atomic E-state index is 12.0. The summed E-state index contributed by atoms with van der Waals surface area (Å²) in [7, 11) is 1.52. The number of nitrogens with one attached hydrogen (secondary N) is 1. The molecule has 1 atom stereocenters. The van der Waals surface area contributed by atoms with Gasteiger partial charge in [-0.3, -0.25) is 14.9 Å². The fraction of sp³-hybridized carbons (Fsp3) is 0.267. The lowest BCUT2D eigenvalue weighted by atomic mass is 9.95. The van der Waals surface area contributed by atoms with Gasteiger partial charge < -0.3 is 14.5 Å². The van der Waals surface area contributed by atoms with E-state index in [-0.39, 0.29) is 12.3 Å². The Balaban J connectivity index is 2.10. The Labute approximate surface area is 137 Å². The number of hydrogen-bond acceptors (Lipinski definition) is 5. The van der Waals surface area contributed by atoms with Gasteiger partial charge in [0.2, 0.25) is 0 Å². The standard InChI is InChI=1S/C15H15ClN2O5/c1-15(22-2,10-4-3-5-11(16)8-10)9-17-14(19)12-6-7-13(23-12)18(20)21/h3-8H,9H2,1-2H3,(H,17,19). The molecule has 0 fully saturated rings. The number of furan rings is 1. The largest absolute Gasteiger partial charge is 0.433 e. The number of nitrogens with zero attached hydrogens (tertiary/aromatic N) is 1. The lowest BCUT2D eigenvalue weighted by molar-refractivity contribution is -0.402. The van der Waals surface area contributed by atoms with Gasteiger partial charge in [-0.25, -0.2) is 0 Å². The first-order valence-electron chi connectivity index (χ1n) is 6.69. The molecule has 1 unspecified atom stereocenters. The highest BCUT2D eigenvalue weighted by Crippen LogP contribution is 2.26. The predicted molar refractivity (Wildman–Crippen MR) is 83.5 cm³/mol. The van der Waals surface area contributed by atoms with Crippen LogP contribution in [0.3, 0.4) is 0 Å². The van der Waals surface area contributed by atoms with Crippen molar-refractivity contribution in [1.29, 1.82) is 0 Å². The number of carbonyl (C=O) groups is 1. The summed E-state index contributed by atoms with van der Waals surface area (Å²) in [5, 5.41) is 13.8. The topological polar surface area (TPSA) is 94.6 Å². The van der Waals surface area contributed by atoms with E-state index in [1.165, 1.54) is 13.2 Å². The Bertz CT molecular complexity index is 730. The van der Waals surface area contributed by atoms with Crippen LogP contribution in [0.25, 0.3) is 0 Å². The van der Waals surface area contributed by atoms with Gasteiger partial charge in [0, 0.05) is 12.1 Å². The number of nitro groups is 1. The van der Waals surface area contributed by atoms with E-state index in [1.54, 1.807) is 25.1 Å². The van der Waals surface area contributed by atoms with Crippen molar-refractivity contribution in [2.45, 2.75) is 12.5 Å². The van der Waals surface area contributed by atoms with Crippen LogP contribution < -0.4 is 5.32 Å². The van der Waals surface area contributed by atoms with Crippen LogP contribution in [-0.4, -0.2) is 24.5 Å². The molecule has 1 heterocycles. The summed E-state index contributed by atoms with van der Waals surface area (Å²) in [4.78, 5) is 21.9. The fourth-order valence-corrected chi connectivity index (χ4v) is 2.18. The van der Waals surface area contributed by atoms with Gasteiger partial charge in [-0.1, -0.05) is 23.7 Å². The van der Waals surface area contributed by atoms with E-state index >= 15 is 0 Å². The molecule has 7 nitrogen and oxygen atoms in total. The summed E-state index contributed by atoms with van der Waals surface area (Å²) in [6, 6.07) is 9.47. The second kappa shape index (κ2) is 6.80. The van der Waals surface area contributed by atoms with Crippen molar-refractivity contribution in [2.24, 2.45) is 0 Å². The van der Waals surface area contributed by atoms with E-state index in [2.05, 4.69) is 5.32 Å². The van der Waals surface area contributed by atoms with E-state index < -0.39 is 22.3 Å². The molecule has 23 heavy (non-hydrogen) atoms. The summed E-state index contributed by atoms with van der Waals surface area (Å²) in [5.74, 6) is -1.19. The lowest BCUT2D eigenvalue weighted by Crippen LogP contribution is -2.40. The molecule has 1 aromatic carbocycles. The third-order valence-corrected chi connectivity index (χ3v) is 3.70. The molecule has 1 amide bonds. The number of methoxy groups -OCH3 is 1. The summed E-state index contributed by atoms with van der Waals surface area (Å²) in [6.07, 6.45) is 0. The molecule has 2 rings (SSSR count). The quantitative estimate of drug-likeness (QED) is 0.645. The minimum absolute atomic E-state index is 0.136. The minimum Gasteiger partial charge on any atom is -0.395 e. The third-order valence-electron chi connectivity index (χ3n) is 3.47. The number of halogens is 1. The minimum atomic E-state index is -0.806. The highest BCUT2D eigenvalue weighted by molar-refractivity contribution is 6.30. The fourth-order valence-electron chi connectivity index (χ4n) is 1.99. The Morgan fingerprint density at radius 2 is 2.17 bits per heavy atom. The van der Waals surface area contributed by atoms with Gasteiger partial charge >= 0.3 is 5.88 Å². The summed E-state index contributed by atoms with van der Waals surface area (Å²) >= 11 is 5.98. The number of amides is 1. The second-order valence-corrected chi connectivity index (χ2v) is 5.46. The van der Waals surface area contributed by atoms with Gasteiger partial charge in [0.1, 0.15) is 10.5 Å². The summed E-state index contributed by atoms with van der Waals surface area (Å²) in [6.45, 7) is 1.93. The van der Waals surface area contributed by atoms with Crippen LogP contribution in [0.4, 0.5) is 5.88 Å². The average Bonchev–Trinajstić information content (AvgIpc) is 3.02. The molecule has 2 aromatic rings.